The van der Waals surface area contributed by atoms with Crippen molar-refractivity contribution in [1.29, 1.82) is 0 Å². The van der Waals surface area contributed by atoms with Crippen molar-refractivity contribution in [3.8, 4) is 17.0 Å². The SMILES string of the molecule is COc1ccc(CN(C(=O)C(OC(C)(C)C)C(NC=O)c2c(C)cc(C(N)=O)cc2C)C(C)c2nc(-c3ccccc3)c[nH]2)cc1C(=O)O. The van der Waals surface area contributed by atoms with Crippen LogP contribution in [-0.2, 0) is 20.9 Å². The number of carbonyl (C=O) groups is 4. The summed E-state index contributed by atoms with van der Waals surface area (Å²) >= 11 is 0. The minimum Gasteiger partial charge on any atom is -0.496 e. The number of amides is 3. The number of aromatic carboxylic acids is 1. The molecule has 0 saturated heterocycles. The molecule has 0 bridgehead atoms. The summed E-state index contributed by atoms with van der Waals surface area (Å²) in [5.74, 6) is -1.63. The first-order valence-electron chi connectivity index (χ1n) is 15.7. The number of aromatic amines is 1. The second-order valence-corrected chi connectivity index (χ2v) is 12.8. The molecule has 0 spiro atoms. The monoisotopic (exact) mass is 669 g/mol. The molecule has 4 rings (SSSR count). The molecule has 0 aliphatic carbocycles. The first kappa shape index (κ1) is 36.3. The Kier molecular flexibility index (Phi) is 11.2. The molecule has 3 unspecified atom stereocenters. The van der Waals surface area contributed by atoms with Gasteiger partial charge in [0.2, 0.25) is 12.3 Å². The zero-order chi connectivity index (χ0) is 36.0. The maximum atomic E-state index is 15.0. The number of aromatic nitrogens is 2. The summed E-state index contributed by atoms with van der Waals surface area (Å²) < 4.78 is 11.7. The molecule has 3 atom stereocenters. The van der Waals surface area contributed by atoms with Crippen LogP contribution in [0.15, 0.2) is 66.9 Å². The van der Waals surface area contributed by atoms with E-state index in [0.717, 1.165) is 5.56 Å². The number of rotatable bonds is 14. The Morgan fingerprint density at radius 2 is 1.71 bits per heavy atom. The van der Waals surface area contributed by atoms with Crippen molar-refractivity contribution in [2.45, 2.75) is 71.9 Å². The third-order valence-corrected chi connectivity index (χ3v) is 8.12. The number of primary amides is 1. The number of imidazole rings is 1. The molecule has 12 nitrogen and oxygen atoms in total. The van der Waals surface area contributed by atoms with Gasteiger partial charge in [0.15, 0.2) is 6.10 Å². The molecular formula is C37H43N5O7. The molecule has 49 heavy (non-hydrogen) atoms. The van der Waals surface area contributed by atoms with Crippen molar-refractivity contribution in [3.63, 3.8) is 0 Å². The summed E-state index contributed by atoms with van der Waals surface area (Å²) in [5, 5.41) is 12.7. The summed E-state index contributed by atoms with van der Waals surface area (Å²) in [6.45, 7) is 10.7. The number of ether oxygens (including phenoxy) is 2. The molecule has 1 aromatic heterocycles. The molecule has 3 aromatic carbocycles. The van der Waals surface area contributed by atoms with Crippen LogP contribution < -0.4 is 15.8 Å². The van der Waals surface area contributed by atoms with Gasteiger partial charge in [-0.15, -0.1) is 0 Å². The topological polar surface area (TPSA) is 177 Å². The van der Waals surface area contributed by atoms with Crippen molar-refractivity contribution >= 4 is 24.2 Å². The second-order valence-electron chi connectivity index (χ2n) is 12.8. The zero-order valence-corrected chi connectivity index (χ0v) is 28.7. The summed E-state index contributed by atoms with van der Waals surface area (Å²) in [5.41, 5.74) is 8.86. The minimum atomic E-state index is -1.27. The van der Waals surface area contributed by atoms with Crippen LogP contribution in [0.1, 0.15) is 88.6 Å². The van der Waals surface area contributed by atoms with E-state index in [1.165, 1.54) is 13.2 Å². The highest BCUT2D eigenvalue weighted by Gasteiger charge is 2.40. The number of carboxylic acids is 1. The van der Waals surface area contributed by atoms with Crippen LogP contribution in [0.2, 0.25) is 0 Å². The third-order valence-electron chi connectivity index (χ3n) is 8.12. The van der Waals surface area contributed by atoms with Gasteiger partial charge < -0.3 is 35.5 Å². The molecule has 5 N–H and O–H groups in total. The van der Waals surface area contributed by atoms with Crippen molar-refractivity contribution < 1.29 is 33.8 Å². The lowest BCUT2D eigenvalue weighted by molar-refractivity contribution is -0.160. The second kappa shape index (κ2) is 15.2. The maximum absolute atomic E-state index is 15.0. The molecule has 4 aromatic rings. The third kappa shape index (κ3) is 8.52. The van der Waals surface area contributed by atoms with Gasteiger partial charge in [-0.1, -0.05) is 36.4 Å². The summed E-state index contributed by atoms with van der Waals surface area (Å²) in [6, 6.07) is 15.8. The first-order valence-corrected chi connectivity index (χ1v) is 15.7. The molecule has 0 fully saturated rings. The van der Waals surface area contributed by atoms with Crippen LogP contribution in [-0.4, -0.2) is 63.0 Å². The molecule has 0 saturated carbocycles. The Morgan fingerprint density at radius 1 is 1.06 bits per heavy atom. The van der Waals surface area contributed by atoms with Gasteiger partial charge in [-0.25, -0.2) is 9.78 Å². The van der Waals surface area contributed by atoms with Crippen LogP contribution in [0, 0.1) is 13.8 Å². The van der Waals surface area contributed by atoms with E-state index in [-0.39, 0.29) is 17.9 Å². The van der Waals surface area contributed by atoms with E-state index in [9.17, 15) is 19.5 Å². The number of carbonyl (C=O) groups excluding carboxylic acids is 3. The van der Waals surface area contributed by atoms with Gasteiger partial charge in [0.1, 0.15) is 17.1 Å². The predicted octanol–water partition coefficient (Wildman–Crippen LogP) is 5.26. The van der Waals surface area contributed by atoms with Crippen LogP contribution in [0.3, 0.4) is 0 Å². The summed E-state index contributed by atoms with van der Waals surface area (Å²) in [4.78, 5) is 60.9. The number of nitrogens with two attached hydrogens (primary N) is 1. The molecule has 0 radical (unpaired) electrons. The number of carboxylic acid groups (broad SMARTS) is 1. The van der Waals surface area contributed by atoms with E-state index in [2.05, 4.69) is 10.3 Å². The van der Waals surface area contributed by atoms with Gasteiger partial charge >= 0.3 is 5.97 Å². The largest absolute Gasteiger partial charge is 0.496 e. The number of benzene rings is 3. The van der Waals surface area contributed by atoms with Gasteiger partial charge in [-0.05, 0) is 88.1 Å². The standard InChI is InChI=1S/C37H43N5O7/c1-21-15-26(33(38)44)16-22(2)30(21)31(40-20-43)32(49-37(4,5)6)35(45)42(19-24-13-14-29(48-7)27(17-24)36(46)47)23(3)34-39-18-28(41-34)25-11-9-8-10-12-25/h8-18,20,23,31-32H,19H2,1-7H3,(H2,38,44)(H,39,41)(H,40,43)(H,46,47). The highest BCUT2D eigenvalue weighted by molar-refractivity contribution is 5.93. The van der Waals surface area contributed by atoms with E-state index < -0.39 is 41.6 Å². The number of methoxy groups -OCH3 is 1. The first-order chi connectivity index (χ1) is 23.1. The average molecular weight is 670 g/mol. The number of nitrogens with zero attached hydrogens (tertiary/aromatic N) is 2. The van der Waals surface area contributed by atoms with Gasteiger partial charge in [0, 0.05) is 23.9 Å². The molecule has 12 heteroatoms. The Labute approximate surface area is 285 Å². The van der Waals surface area contributed by atoms with Crippen LogP contribution >= 0.6 is 0 Å². The maximum Gasteiger partial charge on any atom is 0.339 e. The highest BCUT2D eigenvalue weighted by Crippen LogP contribution is 2.34. The number of hydrogen-bond acceptors (Lipinski definition) is 7. The van der Waals surface area contributed by atoms with E-state index in [4.69, 9.17) is 20.2 Å². The average Bonchev–Trinajstić information content (AvgIpc) is 3.55. The number of H-pyrrole nitrogens is 1. The number of nitrogens with one attached hydrogen (secondary N) is 2. The molecule has 0 aliphatic rings. The van der Waals surface area contributed by atoms with Crippen LogP contribution in [0.5, 0.6) is 5.75 Å². The molecule has 0 aliphatic heterocycles. The lowest BCUT2D eigenvalue weighted by Crippen LogP contribution is -2.50. The van der Waals surface area contributed by atoms with Crippen molar-refractivity contribution in [1.82, 2.24) is 20.2 Å². The van der Waals surface area contributed by atoms with Gasteiger partial charge in [-0.2, -0.15) is 0 Å². The van der Waals surface area contributed by atoms with Crippen LogP contribution in [0.25, 0.3) is 11.3 Å². The zero-order valence-electron chi connectivity index (χ0n) is 28.7. The molecule has 258 valence electrons. The van der Waals surface area contributed by atoms with Gasteiger partial charge in [0.25, 0.3) is 5.91 Å². The Hall–Kier alpha value is -5.49. The lowest BCUT2D eigenvalue weighted by Gasteiger charge is -2.38. The van der Waals surface area contributed by atoms with Crippen molar-refractivity contribution in [2.24, 2.45) is 5.73 Å². The fourth-order valence-electron chi connectivity index (χ4n) is 5.89. The fourth-order valence-corrected chi connectivity index (χ4v) is 5.89. The molecular weight excluding hydrogens is 626 g/mol. The van der Waals surface area contributed by atoms with Gasteiger partial charge in [0.05, 0.1) is 30.5 Å². The summed E-state index contributed by atoms with van der Waals surface area (Å²) in [6.07, 6.45) is 0.990. The normalized spacial score (nSPS) is 13.2. The number of hydrogen-bond donors (Lipinski definition) is 4. The minimum absolute atomic E-state index is 0.0396. The Balaban J connectivity index is 1.88. The van der Waals surface area contributed by atoms with Gasteiger partial charge in [-0.3, -0.25) is 14.4 Å². The summed E-state index contributed by atoms with van der Waals surface area (Å²) in [7, 11) is 1.38. The van der Waals surface area contributed by atoms with E-state index in [1.807, 2.05) is 37.3 Å². The quantitative estimate of drug-likeness (QED) is 0.131. The van der Waals surface area contributed by atoms with Crippen molar-refractivity contribution in [3.05, 3.63) is 106 Å². The van der Waals surface area contributed by atoms with E-state index >= 15 is 4.79 Å². The van der Waals surface area contributed by atoms with E-state index in [0.29, 0.717) is 45.7 Å². The predicted molar refractivity (Wildman–Crippen MR) is 184 cm³/mol. The fraction of sp³-hybridized carbons (Fsp3) is 0.324. The van der Waals surface area contributed by atoms with Crippen LogP contribution in [0.4, 0.5) is 0 Å². The van der Waals surface area contributed by atoms with Crippen molar-refractivity contribution in [2.75, 3.05) is 7.11 Å². The Bertz CT molecular complexity index is 1810. The highest BCUT2D eigenvalue weighted by atomic mass is 16.5. The lowest BCUT2D eigenvalue weighted by atomic mass is 9.89. The van der Waals surface area contributed by atoms with E-state index in [1.54, 1.807) is 70.0 Å². The Morgan fingerprint density at radius 3 is 2.27 bits per heavy atom. The smallest absolute Gasteiger partial charge is 0.339 e. The molecule has 1 heterocycles. The molecule has 3 amide bonds. The number of aryl methyl sites for hydroxylation is 2.